The highest BCUT2D eigenvalue weighted by Gasteiger charge is 1.94. The number of allylic oxidation sites excluding steroid dienone is 1. The largest absolute Gasteiger partial charge is 0.396 e. The van der Waals surface area contributed by atoms with Gasteiger partial charge in [0.2, 0.25) is 0 Å². The second-order valence-electron chi connectivity index (χ2n) is 2.65. The van der Waals surface area contributed by atoms with E-state index in [0.717, 1.165) is 13.2 Å². The zero-order valence-electron chi connectivity index (χ0n) is 11.1. The summed E-state index contributed by atoms with van der Waals surface area (Å²) in [6, 6.07) is 0. The molecule has 0 fully saturated rings. The van der Waals surface area contributed by atoms with Crippen molar-refractivity contribution in [1.82, 2.24) is 0 Å². The van der Waals surface area contributed by atoms with Crippen LogP contribution in [0.2, 0.25) is 0 Å². The van der Waals surface area contributed by atoms with Gasteiger partial charge in [-0.25, -0.2) is 0 Å². The summed E-state index contributed by atoms with van der Waals surface area (Å²) in [6.07, 6.45) is 2.30. The number of carbonyl (C=O) groups excluding carboxylic acids is 1. The van der Waals surface area contributed by atoms with Crippen molar-refractivity contribution in [2.24, 2.45) is 0 Å². The van der Waals surface area contributed by atoms with Crippen LogP contribution in [-0.2, 0) is 14.3 Å². The Hall–Kier alpha value is -0.750. The van der Waals surface area contributed by atoms with Gasteiger partial charge in [0, 0.05) is 26.4 Å². The lowest BCUT2D eigenvalue weighted by Gasteiger charge is -2.09. The van der Waals surface area contributed by atoms with Gasteiger partial charge in [0.25, 0.3) is 0 Å². The van der Waals surface area contributed by atoms with Gasteiger partial charge < -0.3 is 19.7 Å². The maximum absolute atomic E-state index is 9.06. The SMILES string of the molecule is C=CC=O.CCOC(C)OCC.OCCCO. The number of hydrogen-bond donors (Lipinski definition) is 2. The summed E-state index contributed by atoms with van der Waals surface area (Å²) in [5.41, 5.74) is 0. The summed E-state index contributed by atoms with van der Waals surface area (Å²) >= 11 is 0. The Morgan fingerprint density at radius 1 is 1.18 bits per heavy atom. The van der Waals surface area contributed by atoms with Crippen molar-refractivity contribution in [3.63, 3.8) is 0 Å². The standard InChI is InChI=1S/C6H14O2.C3H8O2.C3H4O/c1-4-7-6(3)8-5-2;4-2-1-3-5;1-2-3-4/h6H,4-5H2,1-3H3;4-5H,1-3H2;2-3H,1H2. The van der Waals surface area contributed by atoms with Crippen LogP contribution in [0.15, 0.2) is 12.7 Å². The van der Waals surface area contributed by atoms with Crippen LogP contribution < -0.4 is 0 Å². The Bertz CT molecular complexity index is 125. The Morgan fingerprint density at radius 2 is 1.53 bits per heavy atom. The molecule has 0 saturated heterocycles. The quantitative estimate of drug-likeness (QED) is 0.402. The third-order valence-corrected chi connectivity index (χ3v) is 1.22. The van der Waals surface area contributed by atoms with Crippen molar-refractivity contribution in [3.05, 3.63) is 12.7 Å². The third-order valence-electron chi connectivity index (χ3n) is 1.22. The minimum atomic E-state index is -0.0370. The van der Waals surface area contributed by atoms with Crippen molar-refractivity contribution in [1.29, 1.82) is 0 Å². The monoisotopic (exact) mass is 250 g/mol. The maximum atomic E-state index is 9.06. The lowest BCUT2D eigenvalue weighted by Crippen LogP contribution is -2.11. The van der Waals surface area contributed by atoms with Crippen LogP contribution in [0.4, 0.5) is 0 Å². The van der Waals surface area contributed by atoms with Gasteiger partial charge in [-0.2, -0.15) is 0 Å². The molecule has 0 atom stereocenters. The van der Waals surface area contributed by atoms with E-state index in [0.29, 0.717) is 12.7 Å². The smallest absolute Gasteiger partial charge is 0.154 e. The maximum Gasteiger partial charge on any atom is 0.154 e. The lowest BCUT2D eigenvalue weighted by molar-refractivity contribution is -0.123. The molecule has 5 heteroatoms. The number of aliphatic hydroxyl groups excluding tert-OH is 2. The number of ether oxygens (including phenoxy) is 2. The average Bonchev–Trinajstić information content (AvgIpc) is 2.32. The molecule has 0 rings (SSSR count). The average molecular weight is 250 g/mol. The fraction of sp³-hybridized carbons (Fsp3) is 0.750. The van der Waals surface area contributed by atoms with Crippen molar-refractivity contribution < 1.29 is 24.5 Å². The molecule has 0 aromatic heterocycles. The third kappa shape index (κ3) is 39.3. The van der Waals surface area contributed by atoms with E-state index in [9.17, 15) is 0 Å². The first-order valence-corrected chi connectivity index (χ1v) is 5.65. The molecule has 0 aliphatic rings. The van der Waals surface area contributed by atoms with Crippen LogP contribution in [0.1, 0.15) is 27.2 Å². The van der Waals surface area contributed by atoms with E-state index in [2.05, 4.69) is 6.58 Å². The van der Waals surface area contributed by atoms with E-state index in [1.165, 1.54) is 6.08 Å². The van der Waals surface area contributed by atoms with Gasteiger partial charge in [0.05, 0.1) is 0 Å². The Morgan fingerprint density at radius 3 is 1.65 bits per heavy atom. The van der Waals surface area contributed by atoms with Gasteiger partial charge in [-0.15, -0.1) is 0 Å². The predicted molar refractivity (Wildman–Crippen MR) is 67.8 cm³/mol. The van der Waals surface area contributed by atoms with E-state index < -0.39 is 0 Å². The van der Waals surface area contributed by atoms with Crippen LogP contribution in [0, 0.1) is 0 Å². The van der Waals surface area contributed by atoms with Gasteiger partial charge in [0.15, 0.2) is 6.29 Å². The molecule has 0 spiro atoms. The normalized spacial score (nSPS) is 8.59. The van der Waals surface area contributed by atoms with Gasteiger partial charge in [-0.3, -0.25) is 4.79 Å². The Labute approximate surface area is 104 Å². The van der Waals surface area contributed by atoms with E-state index in [1.807, 2.05) is 20.8 Å². The van der Waals surface area contributed by atoms with Gasteiger partial charge in [-0.1, -0.05) is 6.58 Å². The first-order chi connectivity index (χ1) is 8.14. The molecule has 0 aliphatic carbocycles. The summed E-state index contributed by atoms with van der Waals surface area (Å²) in [5.74, 6) is 0. The number of aldehydes is 1. The number of hydrogen-bond acceptors (Lipinski definition) is 5. The molecular formula is C12H26O5. The summed E-state index contributed by atoms with van der Waals surface area (Å²) < 4.78 is 10.1. The van der Waals surface area contributed by atoms with Crippen molar-refractivity contribution in [2.75, 3.05) is 26.4 Å². The van der Waals surface area contributed by atoms with Crippen LogP contribution in [0.3, 0.4) is 0 Å². The highest BCUT2D eigenvalue weighted by atomic mass is 16.7. The molecular weight excluding hydrogens is 224 g/mol. The van der Waals surface area contributed by atoms with Crippen LogP contribution in [-0.4, -0.2) is 49.2 Å². The molecule has 0 radical (unpaired) electrons. The molecule has 0 aliphatic heterocycles. The zero-order valence-corrected chi connectivity index (χ0v) is 11.1. The van der Waals surface area contributed by atoms with Crippen molar-refractivity contribution in [2.45, 2.75) is 33.5 Å². The fourth-order valence-electron chi connectivity index (χ4n) is 0.588. The van der Waals surface area contributed by atoms with E-state index in [1.54, 1.807) is 0 Å². The zero-order chi connectivity index (χ0) is 13.9. The summed E-state index contributed by atoms with van der Waals surface area (Å²) in [6.45, 7) is 10.5. The topological polar surface area (TPSA) is 76.0 Å². The summed E-state index contributed by atoms with van der Waals surface area (Å²) in [5, 5.41) is 15.8. The van der Waals surface area contributed by atoms with Gasteiger partial charge >= 0.3 is 0 Å². The highest BCUT2D eigenvalue weighted by molar-refractivity contribution is 5.63. The predicted octanol–water partition coefficient (Wildman–Crippen LogP) is 1.14. The van der Waals surface area contributed by atoms with Crippen LogP contribution >= 0.6 is 0 Å². The molecule has 0 aromatic rings. The van der Waals surface area contributed by atoms with Crippen molar-refractivity contribution >= 4 is 6.29 Å². The first kappa shape index (κ1) is 21.5. The molecule has 2 N–H and O–H groups in total. The molecule has 17 heavy (non-hydrogen) atoms. The minimum Gasteiger partial charge on any atom is -0.396 e. The van der Waals surface area contributed by atoms with Crippen LogP contribution in [0.5, 0.6) is 0 Å². The highest BCUT2D eigenvalue weighted by Crippen LogP contribution is 1.90. The van der Waals surface area contributed by atoms with E-state index in [4.69, 9.17) is 24.5 Å². The molecule has 0 saturated carbocycles. The Kier molecular flexibility index (Phi) is 31.0. The molecule has 0 heterocycles. The van der Waals surface area contributed by atoms with Crippen molar-refractivity contribution in [3.8, 4) is 0 Å². The number of aliphatic hydroxyl groups is 2. The number of carbonyl (C=O) groups is 1. The minimum absolute atomic E-state index is 0.0370. The van der Waals surface area contributed by atoms with E-state index in [-0.39, 0.29) is 19.5 Å². The number of rotatable bonds is 7. The molecule has 104 valence electrons. The molecule has 0 unspecified atom stereocenters. The van der Waals surface area contributed by atoms with Gasteiger partial charge in [0.1, 0.15) is 6.29 Å². The summed E-state index contributed by atoms with van der Waals surface area (Å²) in [7, 11) is 0. The summed E-state index contributed by atoms with van der Waals surface area (Å²) in [4.78, 5) is 9.06. The van der Waals surface area contributed by atoms with E-state index >= 15 is 0 Å². The second kappa shape index (κ2) is 24.5. The second-order valence-corrected chi connectivity index (χ2v) is 2.65. The lowest BCUT2D eigenvalue weighted by atomic mass is 10.5. The molecule has 0 amide bonds. The fourth-order valence-corrected chi connectivity index (χ4v) is 0.588. The molecule has 0 aromatic carbocycles. The first-order valence-electron chi connectivity index (χ1n) is 5.65. The van der Waals surface area contributed by atoms with Gasteiger partial charge in [-0.05, 0) is 33.3 Å². The molecule has 0 bridgehead atoms. The Balaban J connectivity index is -0.000000188. The van der Waals surface area contributed by atoms with Crippen LogP contribution in [0.25, 0.3) is 0 Å². The molecule has 5 nitrogen and oxygen atoms in total.